The average molecular weight is 550 g/mol. The normalized spacial score (nSPS) is 11.2. The minimum absolute atomic E-state index is 0.0140. The Hall–Kier alpha value is -3.47. The summed E-state index contributed by atoms with van der Waals surface area (Å²) >= 11 is 0. The number of nitrogens with zero attached hydrogens (tertiary/aromatic N) is 1. The smallest absolute Gasteiger partial charge is 0.338 e. The number of esters is 1. The summed E-state index contributed by atoms with van der Waals surface area (Å²) in [6.45, 7) is 1.05. The summed E-state index contributed by atoms with van der Waals surface area (Å²) in [4.78, 5) is 25.8. The highest BCUT2D eigenvalue weighted by molar-refractivity contribution is 7.89. The molecule has 198 valence electrons. The van der Waals surface area contributed by atoms with Crippen LogP contribution in [0.3, 0.4) is 0 Å². The fourth-order valence-corrected chi connectivity index (χ4v) is 4.59. The Morgan fingerprint density at radius 1 is 0.833 bits per heavy atom. The lowest BCUT2D eigenvalue weighted by molar-refractivity contribution is 0.0598. The van der Waals surface area contributed by atoms with E-state index >= 15 is 0 Å². The molecule has 2 aromatic carbocycles. The molecule has 1 amide bonds. The fourth-order valence-electron chi connectivity index (χ4n) is 3.01. The Bertz CT molecular complexity index is 1420. The van der Waals surface area contributed by atoms with Gasteiger partial charge >= 0.3 is 5.97 Å². The maximum Gasteiger partial charge on any atom is 0.338 e. The van der Waals surface area contributed by atoms with Crippen LogP contribution in [-0.2, 0) is 38.1 Å². The Morgan fingerprint density at radius 2 is 1.22 bits per heavy atom. The molecule has 0 heterocycles. The van der Waals surface area contributed by atoms with Crippen LogP contribution >= 0.6 is 0 Å². The molecule has 0 spiro atoms. The van der Waals surface area contributed by atoms with Crippen molar-refractivity contribution in [2.24, 2.45) is 26.7 Å². The first-order chi connectivity index (χ1) is 16.5. The Morgan fingerprint density at radius 3 is 1.56 bits per heavy atom. The van der Waals surface area contributed by atoms with E-state index in [4.69, 9.17) is 21.7 Å². The first-order valence-electron chi connectivity index (χ1n) is 9.64. The van der Waals surface area contributed by atoms with Crippen LogP contribution in [0, 0.1) is 13.8 Å². The number of aliphatic imine (C=N–C) groups is 1. The van der Waals surface area contributed by atoms with E-state index in [0.717, 1.165) is 19.2 Å². The van der Waals surface area contributed by atoms with Crippen LogP contribution in [-0.4, -0.2) is 41.8 Å². The Labute approximate surface area is 206 Å². The second-order valence-electron chi connectivity index (χ2n) is 7.24. The highest BCUT2D eigenvalue weighted by Crippen LogP contribution is 2.23. The number of hydrogen-bond donors (Lipinski definition) is 4. The molecule has 2 rings (SSSR count). The SMILES string of the molecule is COC(=O)c1cc(S(N)(=O)=O)c(C)cc1CF.Cc1cc(CF)c(C(=O)N=C(N)N)cc1S(N)(=O)=O. The van der Waals surface area contributed by atoms with Gasteiger partial charge in [0, 0.05) is 5.56 Å². The maximum atomic E-state index is 12.8. The number of guanidine groups is 1. The molecule has 0 radical (unpaired) electrons. The predicted octanol–water partition coefficient (Wildman–Crippen LogP) is 0.424. The summed E-state index contributed by atoms with van der Waals surface area (Å²) in [6.07, 6.45) is 0. The quantitative estimate of drug-likeness (QED) is 0.222. The van der Waals surface area contributed by atoms with Crippen molar-refractivity contribution >= 4 is 37.9 Å². The summed E-state index contributed by atoms with van der Waals surface area (Å²) in [5.74, 6) is -2.24. The second-order valence-corrected chi connectivity index (χ2v) is 10.3. The lowest BCUT2D eigenvalue weighted by Crippen LogP contribution is -2.24. The third-order valence-electron chi connectivity index (χ3n) is 4.57. The van der Waals surface area contributed by atoms with Gasteiger partial charge in [-0.05, 0) is 48.2 Å². The number of primary sulfonamides is 2. The molecule has 0 aromatic heterocycles. The van der Waals surface area contributed by atoms with Crippen LogP contribution in [0.25, 0.3) is 0 Å². The van der Waals surface area contributed by atoms with E-state index in [-0.39, 0.29) is 43.2 Å². The molecule has 0 atom stereocenters. The number of nitrogens with two attached hydrogens (primary N) is 4. The number of carbonyl (C=O) groups is 2. The van der Waals surface area contributed by atoms with Crippen molar-refractivity contribution < 1.29 is 39.9 Å². The fraction of sp³-hybridized carbons (Fsp3) is 0.250. The average Bonchev–Trinajstić information content (AvgIpc) is 2.76. The van der Waals surface area contributed by atoms with Gasteiger partial charge in [-0.25, -0.2) is 40.7 Å². The third kappa shape index (κ3) is 7.77. The lowest BCUT2D eigenvalue weighted by atomic mass is 10.0. The minimum atomic E-state index is -4.03. The van der Waals surface area contributed by atoms with E-state index in [1.807, 2.05) is 0 Å². The zero-order chi connectivity index (χ0) is 28.0. The Balaban J connectivity index is 0.000000362. The topological polar surface area (TPSA) is 228 Å². The van der Waals surface area contributed by atoms with Gasteiger partial charge in [-0.15, -0.1) is 0 Å². The zero-order valence-electron chi connectivity index (χ0n) is 19.4. The summed E-state index contributed by atoms with van der Waals surface area (Å²) < 4.78 is 75.2. The summed E-state index contributed by atoms with van der Waals surface area (Å²) in [5, 5.41) is 9.99. The molecule has 16 heteroatoms. The van der Waals surface area contributed by atoms with Gasteiger partial charge in [0.15, 0.2) is 5.96 Å². The standard InChI is InChI=1S/C10H13FN4O3S.C10H12FNO4S/c1-5-2-6(4-11)7(9(16)15-10(12)13)3-8(5)19(14,17)18;1-6-3-7(5-11)8(10(13)16-2)4-9(6)17(12,14)15/h2-3H,4H2,1H3,(H2,14,17,18)(H4,12,13,15,16);3-4H,5H2,1-2H3,(H2,12,14,15). The molecule has 0 unspecified atom stereocenters. The summed E-state index contributed by atoms with van der Waals surface area (Å²) in [7, 11) is -6.86. The number of hydrogen-bond acceptors (Lipinski definition) is 7. The number of halogens is 2. The molecule has 0 aliphatic carbocycles. The number of rotatable bonds is 6. The van der Waals surface area contributed by atoms with E-state index in [0.29, 0.717) is 0 Å². The highest BCUT2D eigenvalue weighted by Gasteiger charge is 2.20. The summed E-state index contributed by atoms with van der Waals surface area (Å²) in [6, 6.07) is 4.49. The van der Waals surface area contributed by atoms with E-state index in [1.54, 1.807) is 0 Å². The molecule has 8 N–H and O–H groups in total. The molecule has 0 aliphatic rings. The molecule has 36 heavy (non-hydrogen) atoms. The zero-order valence-corrected chi connectivity index (χ0v) is 21.0. The van der Waals surface area contributed by atoms with Gasteiger partial charge in [-0.3, -0.25) is 4.79 Å². The van der Waals surface area contributed by atoms with Crippen LogP contribution < -0.4 is 21.7 Å². The maximum absolute atomic E-state index is 12.8. The number of methoxy groups -OCH3 is 1. The number of benzene rings is 2. The van der Waals surface area contributed by atoms with Gasteiger partial charge in [0.1, 0.15) is 13.3 Å². The molecule has 12 nitrogen and oxygen atoms in total. The van der Waals surface area contributed by atoms with Gasteiger partial charge in [0.05, 0.1) is 22.5 Å². The predicted molar refractivity (Wildman–Crippen MR) is 126 cm³/mol. The van der Waals surface area contributed by atoms with Crippen molar-refractivity contribution in [2.45, 2.75) is 37.0 Å². The number of carbonyl (C=O) groups excluding carboxylic acids is 2. The number of alkyl halides is 2. The molecule has 0 saturated heterocycles. The van der Waals surface area contributed by atoms with Crippen LogP contribution in [0.1, 0.15) is 43.0 Å². The molecule has 0 fully saturated rings. The minimum Gasteiger partial charge on any atom is -0.465 e. The van der Waals surface area contributed by atoms with Gasteiger partial charge in [0.25, 0.3) is 5.91 Å². The lowest BCUT2D eigenvalue weighted by Gasteiger charge is -2.10. The van der Waals surface area contributed by atoms with Gasteiger partial charge in [0.2, 0.25) is 20.0 Å². The van der Waals surface area contributed by atoms with Crippen molar-refractivity contribution in [1.29, 1.82) is 0 Å². The molecule has 0 aliphatic heterocycles. The number of ether oxygens (including phenoxy) is 1. The first-order valence-corrected chi connectivity index (χ1v) is 12.7. The van der Waals surface area contributed by atoms with Crippen molar-refractivity contribution in [3.8, 4) is 0 Å². The van der Waals surface area contributed by atoms with Crippen molar-refractivity contribution in [3.63, 3.8) is 0 Å². The van der Waals surface area contributed by atoms with Crippen molar-refractivity contribution in [3.05, 3.63) is 57.6 Å². The van der Waals surface area contributed by atoms with E-state index in [1.165, 1.54) is 26.0 Å². The number of amides is 1. The highest BCUT2D eigenvalue weighted by atomic mass is 32.2. The third-order valence-corrected chi connectivity index (χ3v) is 6.67. The monoisotopic (exact) mass is 549 g/mol. The van der Waals surface area contributed by atoms with Crippen LogP contribution in [0.15, 0.2) is 39.0 Å². The van der Waals surface area contributed by atoms with Gasteiger partial charge in [-0.1, -0.05) is 12.1 Å². The largest absolute Gasteiger partial charge is 0.465 e. The van der Waals surface area contributed by atoms with Crippen LogP contribution in [0.4, 0.5) is 8.78 Å². The second kappa shape index (κ2) is 12.0. The Kier molecular flexibility index (Phi) is 10.2. The molecule has 2 aromatic rings. The van der Waals surface area contributed by atoms with E-state index < -0.39 is 51.2 Å². The number of sulfonamides is 2. The van der Waals surface area contributed by atoms with Gasteiger partial charge < -0.3 is 16.2 Å². The molecular weight excluding hydrogens is 524 g/mol. The molecule has 0 saturated carbocycles. The molecular formula is C20H25F2N5O7S2. The molecule has 0 bridgehead atoms. The summed E-state index contributed by atoms with van der Waals surface area (Å²) in [5.41, 5.74) is 10.3. The van der Waals surface area contributed by atoms with Crippen molar-refractivity contribution in [1.82, 2.24) is 0 Å². The van der Waals surface area contributed by atoms with E-state index in [2.05, 4.69) is 9.73 Å². The van der Waals surface area contributed by atoms with Crippen LogP contribution in [0.5, 0.6) is 0 Å². The van der Waals surface area contributed by atoms with Gasteiger partial charge in [-0.2, -0.15) is 4.99 Å². The van der Waals surface area contributed by atoms with Crippen molar-refractivity contribution in [2.75, 3.05) is 7.11 Å². The van der Waals surface area contributed by atoms with E-state index in [9.17, 15) is 35.2 Å². The number of aryl methyl sites for hydroxylation is 2. The first kappa shape index (κ1) is 30.6. The van der Waals surface area contributed by atoms with Crippen LogP contribution in [0.2, 0.25) is 0 Å².